The highest BCUT2D eigenvalue weighted by molar-refractivity contribution is 7.17. The number of urea groups is 1. The Morgan fingerprint density at radius 3 is 2.57 bits per heavy atom. The zero-order valence-electron chi connectivity index (χ0n) is 15.1. The second-order valence-electron chi connectivity index (χ2n) is 6.20. The van der Waals surface area contributed by atoms with E-state index < -0.39 is 12.1 Å². The van der Waals surface area contributed by atoms with Gasteiger partial charge in [0, 0.05) is 17.7 Å². The first kappa shape index (κ1) is 19.4. The highest BCUT2D eigenvalue weighted by atomic mass is 32.1. The van der Waals surface area contributed by atoms with Gasteiger partial charge in [0.2, 0.25) is 5.91 Å². The molecule has 0 spiro atoms. The minimum absolute atomic E-state index is 0.104. The average molecular weight is 392 g/mol. The lowest BCUT2D eigenvalue weighted by Crippen LogP contribution is -2.51. The molecule has 3 N–H and O–H groups in total. The number of thiophene rings is 1. The number of amides is 3. The summed E-state index contributed by atoms with van der Waals surface area (Å²) in [4.78, 5) is 24.8. The van der Waals surface area contributed by atoms with Gasteiger partial charge in [0.1, 0.15) is 12.6 Å². The summed E-state index contributed by atoms with van der Waals surface area (Å²) in [6.07, 6.45) is 0.347. The van der Waals surface area contributed by atoms with E-state index in [9.17, 15) is 9.59 Å². The summed E-state index contributed by atoms with van der Waals surface area (Å²) in [5, 5.41) is 19.8. The van der Waals surface area contributed by atoms with Gasteiger partial charge in [0.15, 0.2) is 0 Å². The average Bonchev–Trinajstić information content (AvgIpc) is 3.13. The van der Waals surface area contributed by atoms with Crippen LogP contribution in [0.2, 0.25) is 0 Å². The highest BCUT2D eigenvalue weighted by Crippen LogP contribution is 2.26. The van der Waals surface area contributed by atoms with E-state index in [0.29, 0.717) is 13.0 Å². The van der Waals surface area contributed by atoms with Crippen molar-refractivity contribution < 1.29 is 9.59 Å². The minimum atomic E-state index is -0.776. The van der Waals surface area contributed by atoms with Crippen molar-refractivity contribution in [2.45, 2.75) is 19.0 Å². The summed E-state index contributed by atoms with van der Waals surface area (Å²) >= 11 is 1.60. The third kappa shape index (κ3) is 5.09. The summed E-state index contributed by atoms with van der Waals surface area (Å²) < 4.78 is 1.13. The van der Waals surface area contributed by atoms with Gasteiger partial charge in [-0.1, -0.05) is 48.5 Å². The molecule has 6 nitrogen and oxygen atoms in total. The van der Waals surface area contributed by atoms with Gasteiger partial charge in [0.05, 0.1) is 6.07 Å². The van der Waals surface area contributed by atoms with Crippen LogP contribution in [0.15, 0.2) is 60.0 Å². The van der Waals surface area contributed by atoms with Crippen LogP contribution in [0.1, 0.15) is 11.1 Å². The Kier molecular flexibility index (Phi) is 6.60. The monoisotopic (exact) mass is 392 g/mol. The molecule has 1 atom stereocenters. The highest BCUT2D eigenvalue weighted by Gasteiger charge is 2.22. The van der Waals surface area contributed by atoms with Crippen LogP contribution in [-0.4, -0.2) is 24.5 Å². The van der Waals surface area contributed by atoms with E-state index in [-0.39, 0.29) is 12.5 Å². The maximum Gasteiger partial charge on any atom is 0.315 e. The molecule has 142 valence electrons. The second kappa shape index (κ2) is 9.53. The summed E-state index contributed by atoms with van der Waals surface area (Å²) in [5.74, 6) is -0.383. The minimum Gasteiger partial charge on any atom is -0.341 e. The number of carbonyl (C=O) groups is 2. The first-order valence-corrected chi connectivity index (χ1v) is 9.73. The third-order valence-electron chi connectivity index (χ3n) is 4.24. The van der Waals surface area contributed by atoms with Crippen LogP contribution in [0, 0.1) is 11.3 Å². The first-order valence-electron chi connectivity index (χ1n) is 8.85. The molecule has 1 aromatic heterocycles. The fourth-order valence-electron chi connectivity index (χ4n) is 2.86. The Labute approximate surface area is 167 Å². The van der Waals surface area contributed by atoms with Gasteiger partial charge in [-0.25, -0.2) is 4.79 Å². The zero-order chi connectivity index (χ0) is 19.8. The van der Waals surface area contributed by atoms with Crippen molar-refractivity contribution in [3.8, 4) is 6.07 Å². The zero-order valence-corrected chi connectivity index (χ0v) is 16.0. The Morgan fingerprint density at radius 1 is 1.04 bits per heavy atom. The molecular weight excluding hydrogens is 372 g/mol. The van der Waals surface area contributed by atoms with Gasteiger partial charge in [-0.2, -0.15) is 5.26 Å². The van der Waals surface area contributed by atoms with Crippen molar-refractivity contribution in [1.29, 1.82) is 5.26 Å². The van der Waals surface area contributed by atoms with E-state index in [1.54, 1.807) is 11.3 Å². The van der Waals surface area contributed by atoms with Crippen LogP contribution in [-0.2, 0) is 17.8 Å². The van der Waals surface area contributed by atoms with Gasteiger partial charge >= 0.3 is 6.03 Å². The largest absolute Gasteiger partial charge is 0.341 e. The van der Waals surface area contributed by atoms with Crippen LogP contribution >= 0.6 is 11.3 Å². The number of carbonyl (C=O) groups excluding carboxylic acids is 2. The van der Waals surface area contributed by atoms with Gasteiger partial charge in [-0.3, -0.25) is 4.79 Å². The van der Waals surface area contributed by atoms with Crippen molar-refractivity contribution in [3.05, 3.63) is 71.1 Å². The summed E-state index contributed by atoms with van der Waals surface area (Å²) in [5.41, 5.74) is 1.95. The summed E-state index contributed by atoms with van der Waals surface area (Å²) in [7, 11) is 0. The molecule has 0 aliphatic heterocycles. The van der Waals surface area contributed by atoms with Gasteiger partial charge in [-0.15, -0.1) is 11.3 Å². The van der Waals surface area contributed by atoms with E-state index >= 15 is 0 Å². The van der Waals surface area contributed by atoms with Gasteiger partial charge < -0.3 is 16.0 Å². The molecule has 1 unspecified atom stereocenters. The molecule has 0 radical (unpaired) electrons. The number of hydrogen-bond donors (Lipinski definition) is 3. The van der Waals surface area contributed by atoms with E-state index in [1.165, 1.54) is 0 Å². The number of rotatable bonds is 7. The van der Waals surface area contributed by atoms with Crippen molar-refractivity contribution in [2.24, 2.45) is 0 Å². The van der Waals surface area contributed by atoms with Crippen LogP contribution in [0.4, 0.5) is 4.79 Å². The molecule has 3 rings (SSSR count). The quantitative estimate of drug-likeness (QED) is 0.540. The third-order valence-corrected chi connectivity index (χ3v) is 5.26. The molecule has 7 heteroatoms. The van der Waals surface area contributed by atoms with E-state index in [1.807, 2.05) is 66.0 Å². The fourth-order valence-corrected chi connectivity index (χ4v) is 3.83. The number of nitriles is 1. The van der Waals surface area contributed by atoms with Crippen molar-refractivity contribution in [2.75, 3.05) is 6.54 Å². The number of nitrogens with zero attached hydrogens (tertiary/aromatic N) is 1. The Morgan fingerprint density at radius 2 is 1.79 bits per heavy atom. The molecule has 0 aliphatic rings. The van der Waals surface area contributed by atoms with Crippen LogP contribution in [0.25, 0.3) is 10.1 Å². The molecule has 3 amide bonds. The smallest absolute Gasteiger partial charge is 0.315 e. The van der Waals surface area contributed by atoms with Gasteiger partial charge in [-0.05, 0) is 28.0 Å². The molecule has 1 heterocycles. The lowest BCUT2D eigenvalue weighted by Gasteiger charge is -2.18. The molecule has 0 aliphatic carbocycles. The van der Waals surface area contributed by atoms with Crippen molar-refractivity contribution in [1.82, 2.24) is 16.0 Å². The molecule has 0 saturated carbocycles. The summed E-state index contributed by atoms with van der Waals surface area (Å²) in [6.45, 7) is 0.258. The SMILES string of the molecule is N#CCNC(=O)C(Cc1csc2ccccc12)NC(=O)NCc1ccccc1. The Bertz CT molecular complexity index is 994. The maximum absolute atomic E-state index is 12.5. The first-order chi connectivity index (χ1) is 13.7. The second-order valence-corrected chi connectivity index (χ2v) is 7.11. The summed E-state index contributed by atoms with van der Waals surface area (Å²) in [6, 6.07) is 18.1. The Balaban J connectivity index is 1.68. The van der Waals surface area contributed by atoms with Gasteiger partial charge in [0.25, 0.3) is 0 Å². The maximum atomic E-state index is 12.5. The topological polar surface area (TPSA) is 94.0 Å². The molecule has 0 saturated heterocycles. The predicted octanol–water partition coefficient (Wildman–Crippen LogP) is 2.95. The molecule has 28 heavy (non-hydrogen) atoms. The van der Waals surface area contributed by atoms with Crippen molar-refractivity contribution >= 4 is 33.4 Å². The molecule has 0 bridgehead atoms. The Hall–Kier alpha value is -3.37. The fraction of sp³-hybridized carbons (Fsp3) is 0.190. The van der Waals surface area contributed by atoms with E-state index in [4.69, 9.17) is 5.26 Å². The molecule has 0 fully saturated rings. The molecule has 3 aromatic rings. The van der Waals surface area contributed by atoms with Crippen LogP contribution in [0.5, 0.6) is 0 Å². The molecular formula is C21H20N4O2S. The number of benzene rings is 2. The predicted molar refractivity (Wildman–Crippen MR) is 110 cm³/mol. The van der Waals surface area contributed by atoms with E-state index in [2.05, 4.69) is 16.0 Å². The van der Waals surface area contributed by atoms with E-state index in [0.717, 1.165) is 21.2 Å². The lowest BCUT2D eigenvalue weighted by molar-refractivity contribution is -0.122. The lowest BCUT2D eigenvalue weighted by atomic mass is 10.0. The van der Waals surface area contributed by atoms with Crippen molar-refractivity contribution in [3.63, 3.8) is 0 Å². The standard InChI is InChI=1S/C21H20N4O2S/c22-10-11-23-20(26)18(12-16-14-28-19-9-5-4-8-17(16)19)25-21(27)24-13-15-6-2-1-3-7-15/h1-9,14,18H,11-13H2,(H,23,26)(H2,24,25,27). The normalized spacial score (nSPS) is 11.4. The van der Waals surface area contributed by atoms with Crippen LogP contribution in [0.3, 0.4) is 0 Å². The molecule has 2 aromatic carbocycles. The number of hydrogen-bond acceptors (Lipinski definition) is 4. The number of nitrogens with one attached hydrogen (secondary N) is 3. The van der Waals surface area contributed by atoms with Crippen LogP contribution < -0.4 is 16.0 Å². The number of fused-ring (bicyclic) bond motifs is 1.